The minimum Gasteiger partial charge on any atom is -0.503 e. The summed E-state index contributed by atoms with van der Waals surface area (Å²) in [5.74, 6) is 1.16. The summed E-state index contributed by atoms with van der Waals surface area (Å²) in [5.41, 5.74) is 7.03. The SMILES string of the molecule is CC1(C)c2ccccc2Sc2ccc(-c3ccn(-c4[c-]c(Oc5[c-]c6c(cc5)c5cccnc5n5ccnc65)ccc4)n3)cc21.[Pt+2]. The molecule has 1 aliphatic rings. The summed E-state index contributed by atoms with van der Waals surface area (Å²) in [6.07, 6.45) is 7.47. The first-order valence-electron chi connectivity index (χ1n) is 14.8. The van der Waals surface area contributed by atoms with Crippen molar-refractivity contribution in [3.05, 3.63) is 139 Å². The molecule has 0 N–H and O–H groups in total. The average Bonchev–Trinajstić information content (AvgIpc) is 3.77. The first kappa shape index (κ1) is 28.7. The second-order valence-electron chi connectivity index (χ2n) is 11.7. The van der Waals surface area contributed by atoms with Gasteiger partial charge in [0.1, 0.15) is 5.65 Å². The van der Waals surface area contributed by atoms with E-state index in [0.717, 1.165) is 44.4 Å². The van der Waals surface area contributed by atoms with Gasteiger partial charge in [-0.1, -0.05) is 72.8 Å². The van der Waals surface area contributed by atoms with Crippen LogP contribution in [0.4, 0.5) is 0 Å². The molecule has 9 rings (SSSR count). The summed E-state index contributed by atoms with van der Waals surface area (Å²) in [4.78, 5) is 11.8. The van der Waals surface area contributed by atoms with E-state index in [1.54, 1.807) is 12.4 Å². The molecule has 4 aromatic heterocycles. The predicted molar refractivity (Wildman–Crippen MR) is 177 cm³/mol. The van der Waals surface area contributed by atoms with Crippen LogP contribution in [0.25, 0.3) is 44.4 Å². The second kappa shape index (κ2) is 11.0. The minimum absolute atomic E-state index is 0. The van der Waals surface area contributed by atoms with E-state index < -0.39 is 0 Å². The van der Waals surface area contributed by atoms with Crippen LogP contribution in [0.15, 0.2) is 126 Å². The molecule has 46 heavy (non-hydrogen) atoms. The Labute approximate surface area is 284 Å². The fourth-order valence-electron chi connectivity index (χ4n) is 6.36. The Balaban J connectivity index is 0.00000312. The molecule has 0 radical (unpaired) electrons. The number of aromatic nitrogens is 5. The Hall–Kier alpha value is -4.71. The Morgan fingerprint density at radius 3 is 2.50 bits per heavy atom. The van der Waals surface area contributed by atoms with Gasteiger partial charge in [0.15, 0.2) is 0 Å². The van der Waals surface area contributed by atoms with Gasteiger partial charge in [-0.05, 0) is 52.5 Å². The molecule has 0 fully saturated rings. The molecule has 1 aliphatic heterocycles. The second-order valence-corrected chi connectivity index (χ2v) is 12.8. The third-order valence-electron chi connectivity index (χ3n) is 8.63. The molecule has 0 saturated heterocycles. The predicted octanol–water partition coefficient (Wildman–Crippen LogP) is 9.07. The molecular formula is C38H25N5OPtS. The molecule has 8 heteroatoms. The summed E-state index contributed by atoms with van der Waals surface area (Å²) < 4.78 is 10.1. The van der Waals surface area contributed by atoms with E-state index in [1.165, 1.54) is 20.9 Å². The van der Waals surface area contributed by atoms with E-state index in [4.69, 9.17) is 9.84 Å². The van der Waals surface area contributed by atoms with Crippen molar-refractivity contribution in [2.45, 2.75) is 29.1 Å². The molecular weight excluding hydrogens is 770 g/mol. The normalized spacial score (nSPS) is 13.3. The third kappa shape index (κ3) is 4.57. The van der Waals surface area contributed by atoms with Crippen LogP contribution in [0, 0.1) is 12.1 Å². The van der Waals surface area contributed by atoms with Crippen LogP contribution in [0.3, 0.4) is 0 Å². The van der Waals surface area contributed by atoms with Crippen LogP contribution in [-0.2, 0) is 26.5 Å². The standard InChI is InChI=1S/C38H25N5OS.Pt/c1-38(2)31-10-3-4-11-34(31)45-35-15-12-24(21-32(35)38)33-16-19-43(41-33)25-7-5-8-26(22-25)44-27-13-14-28-29-9-6-17-39-36(29)42-20-18-40-37(42)30(28)23-27;/h3-21H,1-2H3;/q-2;+2. The number of fused-ring (bicyclic) bond motifs is 8. The number of hydrogen-bond acceptors (Lipinski definition) is 5. The van der Waals surface area contributed by atoms with Gasteiger partial charge in [0.05, 0.1) is 11.3 Å². The number of rotatable bonds is 4. The van der Waals surface area contributed by atoms with Gasteiger partial charge in [0.2, 0.25) is 0 Å². The number of pyridine rings is 2. The monoisotopic (exact) mass is 794 g/mol. The zero-order valence-electron chi connectivity index (χ0n) is 24.8. The summed E-state index contributed by atoms with van der Waals surface area (Å²) in [7, 11) is 0. The van der Waals surface area contributed by atoms with Gasteiger partial charge >= 0.3 is 21.1 Å². The summed E-state index contributed by atoms with van der Waals surface area (Å²) in [5, 5.41) is 7.88. The number of imidazole rings is 1. The molecule has 8 aromatic rings. The third-order valence-corrected chi connectivity index (χ3v) is 9.78. The average molecular weight is 795 g/mol. The molecule has 0 unspecified atom stereocenters. The van der Waals surface area contributed by atoms with Crippen LogP contribution in [0.1, 0.15) is 25.0 Å². The van der Waals surface area contributed by atoms with Crippen molar-refractivity contribution in [3.63, 3.8) is 0 Å². The van der Waals surface area contributed by atoms with Gasteiger partial charge < -0.3 is 9.14 Å². The van der Waals surface area contributed by atoms with Crippen molar-refractivity contribution in [2.75, 3.05) is 0 Å². The number of hydrogen-bond donors (Lipinski definition) is 0. The van der Waals surface area contributed by atoms with Crippen molar-refractivity contribution in [3.8, 4) is 28.4 Å². The van der Waals surface area contributed by atoms with Crippen molar-refractivity contribution in [2.24, 2.45) is 0 Å². The van der Waals surface area contributed by atoms with E-state index in [-0.39, 0.29) is 26.5 Å². The van der Waals surface area contributed by atoms with Crippen LogP contribution in [0.2, 0.25) is 0 Å². The molecule has 224 valence electrons. The van der Waals surface area contributed by atoms with Gasteiger partial charge in [0.25, 0.3) is 0 Å². The van der Waals surface area contributed by atoms with Gasteiger partial charge in [-0.3, -0.25) is 9.67 Å². The molecule has 0 amide bonds. The van der Waals surface area contributed by atoms with Crippen molar-refractivity contribution in [1.29, 1.82) is 0 Å². The minimum atomic E-state index is -0.0949. The van der Waals surface area contributed by atoms with E-state index in [9.17, 15) is 0 Å². The largest absolute Gasteiger partial charge is 2.00 e. The number of ether oxygens (including phenoxy) is 1. The molecule has 5 heterocycles. The molecule has 0 atom stereocenters. The summed E-state index contributed by atoms with van der Waals surface area (Å²) >= 11 is 1.84. The number of benzene rings is 4. The summed E-state index contributed by atoms with van der Waals surface area (Å²) in [6, 6.07) is 38.0. The van der Waals surface area contributed by atoms with Gasteiger partial charge in [-0.15, -0.1) is 30.3 Å². The van der Waals surface area contributed by atoms with E-state index in [2.05, 4.69) is 84.5 Å². The van der Waals surface area contributed by atoms with Crippen molar-refractivity contribution >= 4 is 39.2 Å². The van der Waals surface area contributed by atoms with Crippen LogP contribution < -0.4 is 4.74 Å². The molecule has 6 nitrogen and oxygen atoms in total. The van der Waals surface area contributed by atoms with Crippen molar-refractivity contribution < 1.29 is 25.8 Å². The maximum absolute atomic E-state index is 6.28. The molecule has 4 aromatic carbocycles. The summed E-state index contributed by atoms with van der Waals surface area (Å²) in [6.45, 7) is 4.61. The van der Waals surface area contributed by atoms with E-state index in [1.807, 2.05) is 75.7 Å². The molecule has 0 spiro atoms. The molecule has 0 saturated carbocycles. The smallest absolute Gasteiger partial charge is 0.503 e. The maximum Gasteiger partial charge on any atom is 2.00 e. The Kier molecular flexibility index (Phi) is 6.85. The zero-order chi connectivity index (χ0) is 30.1. The molecule has 0 bridgehead atoms. The number of nitrogens with zero attached hydrogens (tertiary/aromatic N) is 5. The van der Waals surface area contributed by atoms with E-state index in [0.29, 0.717) is 11.5 Å². The first-order valence-corrected chi connectivity index (χ1v) is 15.6. The van der Waals surface area contributed by atoms with Gasteiger partial charge in [-0.2, -0.15) is 11.2 Å². The van der Waals surface area contributed by atoms with Gasteiger partial charge in [0, 0.05) is 57.1 Å². The fourth-order valence-corrected chi connectivity index (χ4v) is 7.73. The molecule has 0 aliphatic carbocycles. The van der Waals surface area contributed by atoms with Crippen molar-refractivity contribution in [1.82, 2.24) is 24.1 Å². The topological polar surface area (TPSA) is 57.2 Å². The Bertz CT molecular complexity index is 2450. The fraction of sp³-hybridized carbons (Fsp3) is 0.0789. The van der Waals surface area contributed by atoms with Crippen LogP contribution in [0.5, 0.6) is 11.5 Å². The van der Waals surface area contributed by atoms with Crippen LogP contribution >= 0.6 is 11.8 Å². The van der Waals surface area contributed by atoms with Gasteiger partial charge in [-0.25, -0.2) is 4.98 Å². The maximum atomic E-state index is 6.28. The Morgan fingerprint density at radius 2 is 1.57 bits per heavy atom. The van der Waals surface area contributed by atoms with Crippen LogP contribution in [-0.4, -0.2) is 24.1 Å². The Morgan fingerprint density at radius 1 is 0.717 bits per heavy atom. The quantitative estimate of drug-likeness (QED) is 0.132. The zero-order valence-corrected chi connectivity index (χ0v) is 27.9. The van der Waals surface area contributed by atoms with E-state index >= 15 is 0 Å². The first-order chi connectivity index (χ1) is 22.0.